The number of hydrogen-bond acceptors (Lipinski definition) is 4. The van der Waals surface area contributed by atoms with E-state index in [0.717, 1.165) is 6.54 Å². The topological polar surface area (TPSA) is 63.2 Å². The van der Waals surface area contributed by atoms with Crippen LogP contribution in [0.3, 0.4) is 0 Å². The SMILES string of the molecule is CNCCNC(=O)c1cccc(Oc2ccncc2)c1.Cl.Cl. The zero-order valence-corrected chi connectivity index (χ0v) is 13.7. The van der Waals surface area contributed by atoms with Gasteiger partial charge in [0.1, 0.15) is 11.5 Å². The summed E-state index contributed by atoms with van der Waals surface area (Å²) in [4.78, 5) is 15.8. The smallest absolute Gasteiger partial charge is 0.251 e. The van der Waals surface area contributed by atoms with Gasteiger partial charge in [-0.1, -0.05) is 6.07 Å². The molecule has 2 aromatic rings. The lowest BCUT2D eigenvalue weighted by Gasteiger charge is -2.08. The van der Waals surface area contributed by atoms with Gasteiger partial charge in [0.25, 0.3) is 5.91 Å². The second-order valence-corrected chi connectivity index (χ2v) is 4.17. The van der Waals surface area contributed by atoms with Crippen LogP contribution < -0.4 is 15.4 Å². The number of nitrogens with zero attached hydrogens (tertiary/aromatic N) is 1. The van der Waals surface area contributed by atoms with Gasteiger partial charge >= 0.3 is 0 Å². The van der Waals surface area contributed by atoms with Crippen molar-refractivity contribution in [2.24, 2.45) is 0 Å². The van der Waals surface area contributed by atoms with Gasteiger partial charge in [0.15, 0.2) is 0 Å². The van der Waals surface area contributed by atoms with E-state index in [1.54, 1.807) is 42.7 Å². The Balaban J connectivity index is 0.00000220. The van der Waals surface area contributed by atoms with Crippen molar-refractivity contribution in [3.63, 3.8) is 0 Å². The Morgan fingerprint density at radius 3 is 2.50 bits per heavy atom. The number of nitrogens with one attached hydrogen (secondary N) is 2. The van der Waals surface area contributed by atoms with Gasteiger partial charge in [-0.2, -0.15) is 0 Å². The summed E-state index contributed by atoms with van der Waals surface area (Å²) in [6.07, 6.45) is 3.31. The highest BCUT2D eigenvalue weighted by molar-refractivity contribution is 5.94. The molecular formula is C15H19Cl2N3O2. The highest BCUT2D eigenvalue weighted by atomic mass is 35.5. The maximum Gasteiger partial charge on any atom is 0.251 e. The molecule has 0 aliphatic rings. The molecule has 1 amide bonds. The highest BCUT2D eigenvalue weighted by Gasteiger charge is 2.06. The number of amides is 1. The molecule has 120 valence electrons. The van der Waals surface area contributed by atoms with Gasteiger partial charge in [-0.05, 0) is 37.4 Å². The molecule has 0 atom stereocenters. The lowest BCUT2D eigenvalue weighted by Crippen LogP contribution is -2.30. The molecule has 0 fully saturated rings. The van der Waals surface area contributed by atoms with Crippen molar-refractivity contribution in [1.82, 2.24) is 15.6 Å². The highest BCUT2D eigenvalue weighted by Crippen LogP contribution is 2.21. The van der Waals surface area contributed by atoms with E-state index in [9.17, 15) is 4.79 Å². The molecule has 0 aliphatic carbocycles. The molecule has 5 nitrogen and oxygen atoms in total. The van der Waals surface area contributed by atoms with E-state index < -0.39 is 0 Å². The third-order valence-corrected chi connectivity index (χ3v) is 2.64. The molecule has 0 bridgehead atoms. The van der Waals surface area contributed by atoms with Crippen LogP contribution in [0.4, 0.5) is 0 Å². The maximum atomic E-state index is 11.9. The quantitative estimate of drug-likeness (QED) is 0.791. The minimum absolute atomic E-state index is 0. The van der Waals surface area contributed by atoms with Crippen LogP contribution >= 0.6 is 24.8 Å². The second kappa shape index (κ2) is 10.8. The molecular weight excluding hydrogens is 325 g/mol. The van der Waals surface area contributed by atoms with Crippen LogP contribution in [-0.4, -0.2) is 31.0 Å². The molecule has 1 aromatic heterocycles. The van der Waals surface area contributed by atoms with Gasteiger partial charge in [-0.3, -0.25) is 9.78 Å². The van der Waals surface area contributed by atoms with Crippen molar-refractivity contribution in [2.45, 2.75) is 0 Å². The predicted octanol–water partition coefficient (Wildman–Crippen LogP) is 2.67. The number of aromatic nitrogens is 1. The van der Waals surface area contributed by atoms with E-state index in [1.807, 2.05) is 13.1 Å². The summed E-state index contributed by atoms with van der Waals surface area (Å²) in [6, 6.07) is 10.6. The molecule has 0 spiro atoms. The third kappa shape index (κ3) is 6.30. The first kappa shape index (κ1) is 20.2. The van der Waals surface area contributed by atoms with Gasteiger partial charge in [0.2, 0.25) is 0 Å². The standard InChI is InChI=1S/C15H17N3O2.2ClH/c1-16-9-10-18-15(19)12-3-2-4-14(11-12)20-13-5-7-17-8-6-13;;/h2-8,11,16H,9-10H2,1H3,(H,18,19);2*1H. The summed E-state index contributed by atoms with van der Waals surface area (Å²) in [6.45, 7) is 1.32. The fourth-order valence-corrected chi connectivity index (χ4v) is 1.65. The molecule has 0 saturated carbocycles. The van der Waals surface area contributed by atoms with Crippen LogP contribution in [-0.2, 0) is 0 Å². The molecule has 0 radical (unpaired) electrons. The normalized spacial score (nSPS) is 9.14. The van der Waals surface area contributed by atoms with E-state index in [1.165, 1.54) is 0 Å². The summed E-state index contributed by atoms with van der Waals surface area (Å²) >= 11 is 0. The average Bonchev–Trinajstić information content (AvgIpc) is 2.49. The number of rotatable bonds is 6. The van der Waals surface area contributed by atoms with Crippen molar-refractivity contribution in [2.75, 3.05) is 20.1 Å². The van der Waals surface area contributed by atoms with E-state index in [4.69, 9.17) is 4.74 Å². The van der Waals surface area contributed by atoms with Crippen LogP contribution in [0.2, 0.25) is 0 Å². The number of pyridine rings is 1. The van der Waals surface area contributed by atoms with Crippen molar-refractivity contribution in [3.8, 4) is 11.5 Å². The Morgan fingerprint density at radius 2 is 1.82 bits per heavy atom. The molecule has 0 saturated heterocycles. The molecule has 1 aromatic carbocycles. The Kier molecular flexibility index (Phi) is 9.95. The summed E-state index contributed by atoms with van der Waals surface area (Å²) in [7, 11) is 1.84. The van der Waals surface area contributed by atoms with Gasteiger partial charge in [-0.25, -0.2) is 0 Å². The van der Waals surface area contributed by atoms with Crippen LogP contribution in [0.25, 0.3) is 0 Å². The Labute approximate surface area is 142 Å². The second-order valence-electron chi connectivity index (χ2n) is 4.17. The average molecular weight is 344 g/mol. The fraction of sp³-hybridized carbons (Fsp3) is 0.200. The molecule has 0 aliphatic heterocycles. The van der Waals surface area contributed by atoms with Gasteiger partial charge in [0.05, 0.1) is 0 Å². The Hall–Kier alpha value is -1.82. The summed E-state index contributed by atoms with van der Waals surface area (Å²) in [5, 5.41) is 5.80. The zero-order valence-electron chi connectivity index (χ0n) is 12.1. The van der Waals surface area contributed by atoms with E-state index in [0.29, 0.717) is 23.6 Å². The zero-order chi connectivity index (χ0) is 14.2. The minimum atomic E-state index is -0.111. The van der Waals surface area contributed by atoms with Crippen molar-refractivity contribution in [3.05, 3.63) is 54.4 Å². The third-order valence-electron chi connectivity index (χ3n) is 2.64. The number of likely N-dealkylation sites (N-methyl/N-ethyl adjacent to an activating group) is 1. The van der Waals surface area contributed by atoms with Crippen LogP contribution in [0.15, 0.2) is 48.8 Å². The molecule has 2 rings (SSSR count). The van der Waals surface area contributed by atoms with Crippen molar-refractivity contribution >= 4 is 30.7 Å². The lowest BCUT2D eigenvalue weighted by atomic mass is 10.2. The number of ether oxygens (including phenoxy) is 1. The largest absolute Gasteiger partial charge is 0.457 e. The Bertz CT molecular complexity index is 568. The van der Waals surface area contributed by atoms with Crippen molar-refractivity contribution < 1.29 is 9.53 Å². The first-order valence-electron chi connectivity index (χ1n) is 6.40. The van der Waals surface area contributed by atoms with Gasteiger partial charge < -0.3 is 15.4 Å². The molecule has 7 heteroatoms. The summed E-state index contributed by atoms with van der Waals surface area (Å²) in [5.41, 5.74) is 0.577. The molecule has 1 heterocycles. The number of halogens is 2. The fourth-order valence-electron chi connectivity index (χ4n) is 1.65. The number of benzene rings is 1. The van der Waals surface area contributed by atoms with E-state index in [2.05, 4.69) is 15.6 Å². The number of hydrogen-bond donors (Lipinski definition) is 2. The minimum Gasteiger partial charge on any atom is -0.457 e. The molecule has 0 unspecified atom stereocenters. The molecule has 2 N–H and O–H groups in total. The summed E-state index contributed by atoms with van der Waals surface area (Å²) in [5.74, 6) is 1.20. The van der Waals surface area contributed by atoms with Crippen LogP contribution in [0.1, 0.15) is 10.4 Å². The number of carbonyl (C=O) groups is 1. The monoisotopic (exact) mass is 343 g/mol. The number of carbonyl (C=O) groups excluding carboxylic acids is 1. The first-order valence-corrected chi connectivity index (χ1v) is 6.40. The van der Waals surface area contributed by atoms with Crippen LogP contribution in [0, 0.1) is 0 Å². The molecule has 22 heavy (non-hydrogen) atoms. The first-order chi connectivity index (χ1) is 9.79. The Morgan fingerprint density at radius 1 is 1.09 bits per heavy atom. The van der Waals surface area contributed by atoms with Crippen molar-refractivity contribution in [1.29, 1.82) is 0 Å². The van der Waals surface area contributed by atoms with Gasteiger partial charge in [0, 0.05) is 31.0 Å². The summed E-state index contributed by atoms with van der Waals surface area (Å²) < 4.78 is 5.66. The maximum absolute atomic E-state index is 11.9. The van der Waals surface area contributed by atoms with Crippen LogP contribution in [0.5, 0.6) is 11.5 Å². The lowest BCUT2D eigenvalue weighted by molar-refractivity contribution is 0.0954. The van der Waals surface area contributed by atoms with E-state index in [-0.39, 0.29) is 30.7 Å². The predicted molar refractivity (Wildman–Crippen MR) is 91.5 cm³/mol. The van der Waals surface area contributed by atoms with Gasteiger partial charge in [-0.15, -0.1) is 24.8 Å². The van der Waals surface area contributed by atoms with E-state index >= 15 is 0 Å².